The van der Waals surface area contributed by atoms with Crippen LogP contribution in [-0.2, 0) is 6.54 Å². The van der Waals surface area contributed by atoms with E-state index < -0.39 is 0 Å². The van der Waals surface area contributed by atoms with Crippen LogP contribution < -0.4 is 5.56 Å². The van der Waals surface area contributed by atoms with Crippen LogP contribution in [0.25, 0.3) is 22.2 Å². The third-order valence-corrected chi connectivity index (χ3v) is 5.34. The minimum Gasteiger partial charge on any atom is -0.336 e. The molecule has 5 rings (SSSR count). The van der Waals surface area contributed by atoms with E-state index in [0.717, 1.165) is 22.2 Å². The van der Waals surface area contributed by atoms with Crippen LogP contribution in [0, 0.1) is 5.92 Å². The zero-order valence-corrected chi connectivity index (χ0v) is 16.2. The predicted octanol–water partition coefficient (Wildman–Crippen LogP) is 2.63. The molecule has 1 amide bonds. The van der Waals surface area contributed by atoms with Gasteiger partial charge in [0, 0.05) is 48.4 Å². The first-order chi connectivity index (χ1) is 14.7. The van der Waals surface area contributed by atoms with E-state index in [-0.39, 0.29) is 17.4 Å². The maximum atomic E-state index is 12.7. The Bertz CT molecular complexity index is 1280. The van der Waals surface area contributed by atoms with Crippen LogP contribution in [0.3, 0.4) is 0 Å². The lowest BCUT2D eigenvalue weighted by atomic mass is 9.99. The van der Waals surface area contributed by atoms with Crippen LogP contribution in [0.5, 0.6) is 0 Å². The largest absolute Gasteiger partial charge is 0.336 e. The molecule has 0 unspecified atom stereocenters. The summed E-state index contributed by atoms with van der Waals surface area (Å²) < 4.78 is 1.48. The zero-order chi connectivity index (χ0) is 20.5. The minimum absolute atomic E-state index is 0.0807. The van der Waals surface area contributed by atoms with Gasteiger partial charge in [0.25, 0.3) is 11.5 Å². The fraction of sp³-hybridized carbons (Fsp3) is 0.174. The number of likely N-dealkylation sites (tertiary alicyclic amines) is 1. The Balaban J connectivity index is 1.27. The smallest absolute Gasteiger partial charge is 0.272 e. The highest BCUT2D eigenvalue weighted by molar-refractivity contribution is 5.95. The molecule has 0 N–H and O–H groups in total. The normalized spacial score (nSPS) is 13.9. The number of aromatic nitrogens is 4. The second kappa shape index (κ2) is 7.51. The molecule has 1 aromatic carbocycles. The summed E-state index contributed by atoms with van der Waals surface area (Å²) in [5.74, 6) is 0.107. The third kappa shape index (κ3) is 3.45. The third-order valence-electron chi connectivity index (χ3n) is 5.34. The Morgan fingerprint density at radius 2 is 1.77 bits per heavy atom. The lowest BCUT2D eigenvalue weighted by Gasteiger charge is -2.39. The summed E-state index contributed by atoms with van der Waals surface area (Å²) in [6.07, 6.45) is 3.39. The SMILES string of the molecule is O=C(c1ccc2ccccc2n1)N1CC(Cn2nc(-c3ccncc3)ccc2=O)C1. The van der Waals surface area contributed by atoms with E-state index in [1.807, 2.05) is 42.5 Å². The monoisotopic (exact) mass is 397 g/mol. The first-order valence-electron chi connectivity index (χ1n) is 9.81. The molecule has 0 bridgehead atoms. The number of carbonyl (C=O) groups is 1. The molecule has 1 saturated heterocycles. The molecule has 0 saturated carbocycles. The number of hydrogen-bond donors (Lipinski definition) is 0. The second-order valence-corrected chi connectivity index (χ2v) is 7.44. The Hall–Kier alpha value is -3.87. The van der Waals surface area contributed by atoms with E-state index >= 15 is 0 Å². The molecule has 3 aromatic heterocycles. The summed E-state index contributed by atoms with van der Waals surface area (Å²) in [5.41, 5.74) is 2.75. The van der Waals surface area contributed by atoms with Gasteiger partial charge in [0.1, 0.15) is 5.69 Å². The Labute approximate surface area is 172 Å². The topological polar surface area (TPSA) is 81.0 Å². The van der Waals surface area contributed by atoms with Crippen molar-refractivity contribution >= 4 is 16.8 Å². The van der Waals surface area contributed by atoms with Gasteiger partial charge in [-0.25, -0.2) is 9.67 Å². The number of nitrogens with zero attached hydrogens (tertiary/aromatic N) is 5. The standard InChI is InChI=1S/C23H19N5O2/c29-22-8-7-20(18-9-11-24-12-10-18)26-28(22)15-16-13-27(14-16)23(30)21-6-5-17-3-1-2-4-19(17)25-21/h1-12,16H,13-15H2. The lowest BCUT2D eigenvalue weighted by molar-refractivity contribution is 0.0453. The van der Waals surface area contributed by atoms with E-state index in [9.17, 15) is 9.59 Å². The summed E-state index contributed by atoms with van der Waals surface area (Å²) in [7, 11) is 0. The molecule has 4 heterocycles. The number of pyridine rings is 2. The molecule has 4 aromatic rings. The summed E-state index contributed by atoms with van der Waals surface area (Å²) >= 11 is 0. The van der Waals surface area contributed by atoms with Gasteiger partial charge in [-0.2, -0.15) is 5.10 Å². The fourth-order valence-corrected chi connectivity index (χ4v) is 3.70. The molecular weight excluding hydrogens is 378 g/mol. The van der Waals surface area contributed by atoms with Gasteiger partial charge in [0.15, 0.2) is 0 Å². The predicted molar refractivity (Wildman–Crippen MR) is 113 cm³/mol. The molecule has 7 nitrogen and oxygen atoms in total. The highest BCUT2D eigenvalue weighted by atomic mass is 16.2. The quantitative estimate of drug-likeness (QED) is 0.529. The fourth-order valence-electron chi connectivity index (χ4n) is 3.70. The molecule has 1 aliphatic rings. The van der Waals surface area contributed by atoms with Crippen molar-refractivity contribution in [2.24, 2.45) is 5.92 Å². The van der Waals surface area contributed by atoms with E-state index in [0.29, 0.717) is 25.3 Å². The van der Waals surface area contributed by atoms with Crippen molar-refractivity contribution in [2.45, 2.75) is 6.54 Å². The van der Waals surface area contributed by atoms with E-state index in [2.05, 4.69) is 15.1 Å². The van der Waals surface area contributed by atoms with Gasteiger partial charge >= 0.3 is 0 Å². The summed E-state index contributed by atoms with van der Waals surface area (Å²) in [6.45, 7) is 1.65. The first-order valence-corrected chi connectivity index (χ1v) is 9.81. The van der Waals surface area contributed by atoms with Crippen molar-refractivity contribution < 1.29 is 4.79 Å². The van der Waals surface area contributed by atoms with Gasteiger partial charge in [0.2, 0.25) is 0 Å². The van der Waals surface area contributed by atoms with Crippen molar-refractivity contribution in [1.82, 2.24) is 24.6 Å². The summed E-state index contributed by atoms with van der Waals surface area (Å²) in [5, 5.41) is 5.50. The van der Waals surface area contributed by atoms with Gasteiger partial charge in [-0.1, -0.05) is 24.3 Å². The van der Waals surface area contributed by atoms with Crippen LogP contribution >= 0.6 is 0 Å². The van der Waals surface area contributed by atoms with E-state index in [4.69, 9.17) is 0 Å². The summed E-state index contributed by atoms with van der Waals surface area (Å²) in [6, 6.07) is 18.4. The average Bonchev–Trinajstić information content (AvgIpc) is 2.77. The van der Waals surface area contributed by atoms with Crippen LogP contribution in [0.4, 0.5) is 0 Å². The van der Waals surface area contributed by atoms with Gasteiger partial charge < -0.3 is 4.90 Å². The van der Waals surface area contributed by atoms with E-state index in [1.54, 1.807) is 29.4 Å². The Kier molecular flexibility index (Phi) is 4.55. The number of amides is 1. The number of para-hydroxylation sites is 1. The van der Waals surface area contributed by atoms with Crippen LogP contribution in [0.2, 0.25) is 0 Å². The van der Waals surface area contributed by atoms with Gasteiger partial charge in [-0.15, -0.1) is 0 Å². The molecular formula is C23H19N5O2. The molecule has 0 spiro atoms. The van der Waals surface area contributed by atoms with Crippen LogP contribution in [0.1, 0.15) is 10.5 Å². The number of benzene rings is 1. The maximum Gasteiger partial charge on any atom is 0.272 e. The Morgan fingerprint density at radius 3 is 2.60 bits per heavy atom. The molecule has 0 radical (unpaired) electrons. The number of hydrogen-bond acceptors (Lipinski definition) is 5. The number of carbonyl (C=O) groups excluding carboxylic acids is 1. The Morgan fingerprint density at radius 1 is 0.967 bits per heavy atom. The van der Waals surface area contributed by atoms with Crippen molar-refractivity contribution in [2.75, 3.05) is 13.1 Å². The zero-order valence-electron chi connectivity index (χ0n) is 16.2. The minimum atomic E-state index is -0.145. The van der Waals surface area contributed by atoms with Crippen molar-refractivity contribution in [3.8, 4) is 11.3 Å². The highest BCUT2D eigenvalue weighted by Crippen LogP contribution is 2.21. The number of fused-ring (bicyclic) bond motifs is 1. The molecule has 30 heavy (non-hydrogen) atoms. The second-order valence-electron chi connectivity index (χ2n) is 7.44. The summed E-state index contributed by atoms with van der Waals surface area (Å²) in [4.78, 5) is 35.2. The molecule has 0 atom stereocenters. The number of rotatable bonds is 4. The van der Waals surface area contributed by atoms with Gasteiger partial charge in [-0.3, -0.25) is 14.6 Å². The van der Waals surface area contributed by atoms with Gasteiger partial charge in [0.05, 0.1) is 17.8 Å². The molecule has 1 aliphatic heterocycles. The molecule has 1 fully saturated rings. The average molecular weight is 397 g/mol. The molecule has 0 aliphatic carbocycles. The van der Waals surface area contributed by atoms with Crippen LogP contribution in [-0.4, -0.2) is 43.6 Å². The van der Waals surface area contributed by atoms with Gasteiger partial charge in [-0.05, 0) is 30.3 Å². The highest BCUT2D eigenvalue weighted by Gasteiger charge is 2.32. The van der Waals surface area contributed by atoms with Crippen molar-refractivity contribution in [3.63, 3.8) is 0 Å². The molecule has 148 valence electrons. The molecule has 7 heteroatoms. The first kappa shape index (κ1) is 18.2. The van der Waals surface area contributed by atoms with Crippen LogP contribution in [0.15, 0.2) is 77.9 Å². The lowest BCUT2D eigenvalue weighted by Crippen LogP contribution is -2.52. The van der Waals surface area contributed by atoms with Crippen molar-refractivity contribution in [3.05, 3.63) is 89.1 Å². The van der Waals surface area contributed by atoms with Crippen molar-refractivity contribution in [1.29, 1.82) is 0 Å². The maximum absolute atomic E-state index is 12.7. The van der Waals surface area contributed by atoms with E-state index in [1.165, 1.54) is 10.7 Å².